The second-order valence-electron chi connectivity index (χ2n) is 6.99. The van der Waals surface area contributed by atoms with Gasteiger partial charge in [0.2, 0.25) is 11.8 Å². The minimum Gasteiger partial charge on any atom is -0.334 e. The third-order valence-electron chi connectivity index (χ3n) is 5.07. The average molecular weight is 410 g/mol. The fourth-order valence-electron chi connectivity index (χ4n) is 3.59. The Morgan fingerprint density at radius 2 is 2.18 bits per heavy atom. The number of hydrogen-bond donors (Lipinski definition) is 4. The lowest BCUT2D eigenvalue weighted by molar-refractivity contribution is -0.136. The van der Waals surface area contributed by atoms with E-state index >= 15 is 0 Å². The number of benzene rings is 1. The lowest BCUT2D eigenvalue weighted by Crippen LogP contribution is -2.52. The number of thioether (sulfide) groups is 1. The van der Waals surface area contributed by atoms with E-state index < -0.39 is 11.9 Å². The second-order valence-corrected chi connectivity index (χ2v) is 8.02. The summed E-state index contributed by atoms with van der Waals surface area (Å²) in [5.41, 5.74) is 2.19. The van der Waals surface area contributed by atoms with Gasteiger partial charge in [-0.2, -0.15) is 0 Å². The summed E-state index contributed by atoms with van der Waals surface area (Å²) in [6, 6.07) is 4.58. The van der Waals surface area contributed by atoms with Gasteiger partial charge in [-0.05, 0) is 23.6 Å². The monoisotopic (exact) mass is 409 g/mol. The van der Waals surface area contributed by atoms with E-state index in [2.05, 4.69) is 21.3 Å². The van der Waals surface area contributed by atoms with Gasteiger partial charge in [-0.25, -0.2) is 4.79 Å². The van der Waals surface area contributed by atoms with Gasteiger partial charge in [-0.1, -0.05) is 12.1 Å². The van der Waals surface area contributed by atoms with Crippen LogP contribution in [0.5, 0.6) is 0 Å². The van der Waals surface area contributed by atoms with Crippen molar-refractivity contribution in [3.05, 3.63) is 34.9 Å². The average Bonchev–Trinajstić information content (AvgIpc) is 3.28. The molecule has 0 saturated carbocycles. The van der Waals surface area contributed by atoms with Crippen LogP contribution in [0.2, 0.25) is 0 Å². The molecule has 4 rings (SSSR count). The molecule has 5 amide bonds. The molecular formula is C18H27N5O4S. The van der Waals surface area contributed by atoms with Gasteiger partial charge >= 0.3 is 6.03 Å². The molecule has 2 unspecified atom stereocenters. The van der Waals surface area contributed by atoms with Gasteiger partial charge in [0.05, 0.1) is 6.17 Å². The van der Waals surface area contributed by atoms with Crippen LogP contribution >= 0.6 is 11.8 Å². The van der Waals surface area contributed by atoms with Crippen molar-refractivity contribution in [1.29, 1.82) is 0 Å². The highest BCUT2D eigenvalue weighted by atomic mass is 32.2. The van der Waals surface area contributed by atoms with Crippen molar-refractivity contribution < 1.29 is 23.5 Å². The molecular weight excluding hydrogens is 382 g/mol. The maximum atomic E-state index is 12.8. The van der Waals surface area contributed by atoms with Crippen LogP contribution in [-0.4, -0.2) is 52.5 Å². The Morgan fingerprint density at radius 3 is 2.93 bits per heavy atom. The SMILES string of the molecule is O=C1CCC(N2Cc3ccc(CNC(=O)NC4CSCN4)cc3C2=O)C(=O)N1.[HH].[HH].[HH]. The second kappa shape index (κ2) is 7.80. The molecule has 4 N–H and O–H groups in total. The molecule has 3 aliphatic heterocycles. The molecule has 10 heteroatoms. The summed E-state index contributed by atoms with van der Waals surface area (Å²) in [5, 5.41) is 11.1. The summed E-state index contributed by atoms with van der Waals surface area (Å²) in [5.74, 6) is 0.708. The minimum absolute atomic E-state index is 0. The largest absolute Gasteiger partial charge is 0.334 e. The zero-order valence-electron chi connectivity index (χ0n) is 15.1. The summed E-state index contributed by atoms with van der Waals surface area (Å²) >= 11 is 1.72. The number of carbonyl (C=O) groups excluding carboxylic acids is 4. The molecule has 2 saturated heterocycles. The fourth-order valence-corrected chi connectivity index (χ4v) is 4.47. The molecule has 3 aliphatic rings. The van der Waals surface area contributed by atoms with Crippen molar-refractivity contribution in [3.8, 4) is 0 Å². The lowest BCUT2D eigenvalue weighted by atomic mass is 10.0. The molecule has 0 bridgehead atoms. The van der Waals surface area contributed by atoms with E-state index in [9.17, 15) is 19.2 Å². The molecule has 1 aromatic carbocycles. The van der Waals surface area contributed by atoms with E-state index in [0.717, 1.165) is 22.8 Å². The topological polar surface area (TPSA) is 120 Å². The van der Waals surface area contributed by atoms with Gasteiger partial charge in [0, 0.05) is 41.0 Å². The first-order valence-corrected chi connectivity index (χ1v) is 10.3. The zero-order valence-corrected chi connectivity index (χ0v) is 15.9. The summed E-state index contributed by atoms with van der Waals surface area (Å²) in [4.78, 5) is 49.7. The molecule has 0 aliphatic carbocycles. The summed E-state index contributed by atoms with van der Waals surface area (Å²) in [7, 11) is 0. The number of imide groups is 1. The van der Waals surface area contributed by atoms with Crippen LogP contribution in [0.25, 0.3) is 0 Å². The molecule has 2 atom stereocenters. The molecule has 0 aromatic heterocycles. The van der Waals surface area contributed by atoms with Crippen LogP contribution in [0.1, 0.15) is 38.6 Å². The number of fused-ring (bicyclic) bond motifs is 1. The maximum absolute atomic E-state index is 12.8. The number of rotatable bonds is 4. The first-order chi connectivity index (χ1) is 13.5. The Bertz CT molecular complexity index is 853. The summed E-state index contributed by atoms with van der Waals surface area (Å²) in [6.07, 6.45) is 0.537. The van der Waals surface area contributed by atoms with E-state index in [1.165, 1.54) is 4.90 Å². The third kappa shape index (κ3) is 3.83. The molecule has 28 heavy (non-hydrogen) atoms. The number of carbonyl (C=O) groups is 4. The van der Waals surface area contributed by atoms with Crippen LogP contribution in [-0.2, 0) is 22.7 Å². The maximum Gasteiger partial charge on any atom is 0.316 e. The first kappa shape index (κ1) is 18.8. The van der Waals surface area contributed by atoms with Crippen LogP contribution in [0.3, 0.4) is 0 Å². The standard InChI is InChI=1S/C18H21N5O4S.3H2/c24-15-4-3-13(16(25)22-15)23-7-11-2-1-10(5-12(11)17(23)26)6-19-18(27)21-14-8-28-9-20-14;;;/h1-2,5,13-14,20H,3-4,6-9H2,(H2,19,21,27)(H,22,24,25);3*1H. The predicted molar refractivity (Wildman–Crippen MR) is 108 cm³/mol. The summed E-state index contributed by atoms with van der Waals surface area (Å²) < 4.78 is 0. The Kier molecular flexibility index (Phi) is 5.23. The summed E-state index contributed by atoms with van der Waals surface area (Å²) in [6.45, 7) is 0.643. The zero-order chi connectivity index (χ0) is 19.7. The van der Waals surface area contributed by atoms with E-state index in [-0.39, 0.29) is 34.7 Å². The van der Waals surface area contributed by atoms with Gasteiger partial charge in [-0.15, -0.1) is 11.8 Å². The van der Waals surface area contributed by atoms with E-state index in [1.807, 2.05) is 12.1 Å². The van der Waals surface area contributed by atoms with Gasteiger partial charge in [0.25, 0.3) is 5.91 Å². The highest BCUT2D eigenvalue weighted by molar-refractivity contribution is 7.99. The minimum atomic E-state index is -0.623. The predicted octanol–water partition coefficient (Wildman–Crippen LogP) is 0.605. The first-order valence-electron chi connectivity index (χ1n) is 9.13. The highest BCUT2D eigenvalue weighted by Crippen LogP contribution is 2.28. The van der Waals surface area contributed by atoms with E-state index in [1.54, 1.807) is 17.8 Å². The van der Waals surface area contributed by atoms with Crippen molar-refractivity contribution in [2.75, 3.05) is 11.6 Å². The third-order valence-corrected chi connectivity index (χ3v) is 6.01. The Labute approximate surface area is 170 Å². The van der Waals surface area contributed by atoms with Gasteiger partial charge in [0.1, 0.15) is 6.04 Å². The van der Waals surface area contributed by atoms with Gasteiger partial charge < -0.3 is 15.5 Å². The Balaban J connectivity index is 0.00000160. The number of amides is 5. The van der Waals surface area contributed by atoms with Crippen LogP contribution in [0, 0.1) is 0 Å². The fraction of sp³-hybridized carbons (Fsp3) is 0.444. The lowest BCUT2D eigenvalue weighted by Gasteiger charge is -2.29. The normalized spacial score (nSPS) is 24.1. The highest BCUT2D eigenvalue weighted by Gasteiger charge is 2.39. The van der Waals surface area contributed by atoms with Crippen LogP contribution in [0.4, 0.5) is 4.79 Å². The quantitative estimate of drug-likeness (QED) is 0.541. The molecule has 9 nitrogen and oxygen atoms in total. The van der Waals surface area contributed by atoms with Crippen LogP contribution < -0.4 is 21.3 Å². The van der Waals surface area contributed by atoms with E-state index in [0.29, 0.717) is 25.1 Å². The van der Waals surface area contributed by atoms with Crippen LogP contribution in [0.15, 0.2) is 18.2 Å². The number of hydrogen-bond acceptors (Lipinski definition) is 6. The van der Waals surface area contributed by atoms with Crippen molar-refractivity contribution in [3.63, 3.8) is 0 Å². The Hall–Kier alpha value is -2.59. The van der Waals surface area contributed by atoms with Crippen molar-refractivity contribution in [2.24, 2.45) is 0 Å². The van der Waals surface area contributed by atoms with Gasteiger partial charge in [0.15, 0.2) is 0 Å². The van der Waals surface area contributed by atoms with Crippen molar-refractivity contribution in [1.82, 2.24) is 26.2 Å². The number of urea groups is 1. The number of piperidine rings is 1. The molecule has 154 valence electrons. The molecule has 2 fully saturated rings. The molecule has 1 aromatic rings. The van der Waals surface area contributed by atoms with Crippen molar-refractivity contribution in [2.45, 2.75) is 38.1 Å². The number of nitrogens with zero attached hydrogens (tertiary/aromatic N) is 1. The van der Waals surface area contributed by atoms with Gasteiger partial charge in [-0.3, -0.25) is 25.0 Å². The smallest absolute Gasteiger partial charge is 0.316 e. The molecule has 0 spiro atoms. The van der Waals surface area contributed by atoms with Crippen molar-refractivity contribution >= 4 is 35.5 Å². The number of nitrogens with one attached hydrogen (secondary N) is 4. The Morgan fingerprint density at radius 1 is 1.32 bits per heavy atom. The molecule has 0 radical (unpaired) electrons. The molecule has 3 heterocycles. The van der Waals surface area contributed by atoms with E-state index in [4.69, 9.17) is 0 Å².